The average Bonchev–Trinajstić information content (AvgIpc) is 2.85. The van der Waals surface area contributed by atoms with Crippen LogP contribution in [0.15, 0.2) is 30.7 Å². The van der Waals surface area contributed by atoms with Crippen LogP contribution in [0.25, 0.3) is 0 Å². The third-order valence-corrected chi connectivity index (χ3v) is 3.58. The minimum atomic E-state index is 0.239. The van der Waals surface area contributed by atoms with Crippen molar-refractivity contribution in [1.29, 1.82) is 0 Å². The van der Waals surface area contributed by atoms with Gasteiger partial charge in [0.1, 0.15) is 0 Å². The summed E-state index contributed by atoms with van der Waals surface area (Å²) < 4.78 is 0. The third kappa shape index (κ3) is 3.48. The summed E-state index contributed by atoms with van der Waals surface area (Å²) in [5.41, 5.74) is 2.26. The molecule has 0 aliphatic heterocycles. The number of aromatic nitrogens is 2. The molecule has 1 aromatic carbocycles. The van der Waals surface area contributed by atoms with Crippen molar-refractivity contribution in [2.45, 2.75) is 19.4 Å². The summed E-state index contributed by atoms with van der Waals surface area (Å²) in [5.74, 6) is 0. The number of aromatic amines is 1. The van der Waals surface area contributed by atoms with E-state index in [0.717, 1.165) is 24.2 Å². The first-order chi connectivity index (χ1) is 8.66. The summed E-state index contributed by atoms with van der Waals surface area (Å²) in [6, 6.07) is 5.95. The predicted molar refractivity (Wildman–Crippen MR) is 75.2 cm³/mol. The summed E-state index contributed by atoms with van der Waals surface area (Å²) in [5, 5.41) is 4.62. The molecule has 0 aliphatic carbocycles. The largest absolute Gasteiger partial charge is 0.348 e. The first-order valence-electron chi connectivity index (χ1n) is 5.82. The van der Waals surface area contributed by atoms with Crippen molar-refractivity contribution in [3.8, 4) is 0 Å². The normalized spacial score (nSPS) is 12.6. The number of hydrogen-bond acceptors (Lipinski definition) is 2. The van der Waals surface area contributed by atoms with Crippen LogP contribution in [-0.2, 0) is 6.42 Å². The highest BCUT2D eigenvalue weighted by Gasteiger charge is 2.07. The number of H-pyrrole nitrogens is 1. The van der Waals surface area contributed by atoms with Gasteiger partial charge in [0.25, 0.3) is 0 Å². The molecule has 0 fully saturated rings. The minimum absolute atomic E-state index is 0.239. The van der Waals surface area contributed by atoms with Crippen LogP contribution in [0.4, 0.5) is 0 Å². The molecule has 0 saturated carbocycles. The number of halogens is 2. The van der Waals surface area contributed by atoms with Gasteiger partial charge in [0.2, 0.25) is 0 Å². The van der Waals surface area contributed by atoms with Gasteiger partial charge in [0, 0.05) is 30.9 Å². The van der Waals surface area contributed by atoms with Crippen molar-refractivity contribution in [1.82, 2.24) is 15.3 Å². The fourth-order valence-electron chi connectivity index (χ4n) is 1.74. The van der Waals surface area contributed by atoms with Crippen LogP contribution >= 0.6 is 23.2 Å². The quantitative estimate of drug-likeness (QED) is 0.880. The molecule has 1 atom stereocenters. The van der Waals surface area contributed by atoms with Crippen LogP contribution in [0.5, 0.6) is 0 Å². The van der Waals surface area contributed by atoms with E-state index in [2.05, 4.69) is 22.2 Å². The van der Waals surface area contributed by atoms with E-state index >= 15 is 0 Å². The van der Waals surface area contributed by atoms with E-state index in [1.807, 2.05) is 24.4 Å². The Morgan fingerprint density at radius 2 is 2.17 bits per heavy atom. The van der Waals surface area contributed by atoms with Gasteiger partial charge in [-0.2, -0.15) is 0 Å². The van der Waals surface area contributed by atoms with Crippen LogP contribution in [-0.4, -0.2) is 16.5 Å². The van der Waals surface area contributed by atoms with Crippen molar-refractivity contribution in [2.24, 2.45) is 0 Å². The molecule has 0 amide bonds. The van der Waals surface area contributed by atoms with Gasteiger partial charge in [0.05, 0.1) is 16.4 Å². The Bertz CT molecular complexity index is 497. The van der Waals surface area contributed by atoms with Crippen LogP contribution in [0.2, 0.25) is 10.0 Å². The molecule has 5 heteroatoms. The van der Waals surface area contributed by atoms with E-state index in [0.29, 0.717) is 10.0 Å². The van der Waals surface area contributed by atoms with E-state index in [4.69, 9.17) is 23.2 Å². The van der Waals surface area contributed by atoms with Gasteiger partial charge in [-0.3, -0.25) is 0 Å². The van der Waals surface area contributed by atoms with Crippen LogP contribution in [0.1, 0.15) is 24.2 Å². The van der Waals surface area contributed by atoms with Crippen molar-refractivity contribution in [3.63, 3.8) is 0 Å². The maximum atomic E-state index is 6.00. The Balaban J connectivity index is 1.87. The number of nitrogens with one attached hydrogen (secondary N) is 2. The molecule has 18 heavy (non-hydrogen) atoms. The fourth-order valence-corrected chi connectivity index (χ4v) is 2.05. The van der Waals surface area contributed by atoms with Crippen molar-refractivity contribution in [3.05, 3.63) is 52.0 Å². The van der Waals surface area contributed by atoms with Gasteiger partial charge < -0.3 is 10.3 Å². The molecule has 0 saturated heterocycles. The zero-order valence-corrected chi connectivity index (χ0v) is 11.6. The molecular formula is C13H15Cl2N3. The lowest BCUT2D eigenvalue weighted by molar-refractivity contribution is 0.574. The Hall–Kier alpha value is -1.03. The molecule has 2 aromatic rings. The van der Waals surface area contributed by atoms with E-state index in [1.54, 1.807) is 6.33 Å². The van der Waals surface area contributed by atoms with Gasteiger partial charge >= 0.3 is 0 Å². The second-order valence-corrected chi connectivity index (χ2v) is 4.99. The summed E-state index contributed by atoms with van der Waals surface area (Å²) in [4.78, 5) is 7.06. The maximum Gasteiger partial charge on any atom is 0.0921 e. The number of nitrogens with zero attached hydrogens (tertiary/aromatic N) is 1. The Labute approximate surface area is 117 Å². The van der Waals surface area contributed by atoms with Crippen molar-refractivity contribution in [2.75, 3.05) is 6.54 Å². The van der Waals surface area contributed by atoms with Gasteiger partial charge in [-0.15, -0.1) is 0 Å². The predicted octanol–water partition coefficient (Wildman–Crippen LogP) is 3.61. The lowest BCUT2D eigenvalue weighted by Gasteiger charge is -2.14. The van der Waals surface area contributed by atoms with E-state index in [9.17, 15) is 0 Å². The molecule has 0 spiro atoms. The summed E-state index contributed by atoms with van der Waals surface area (Å²) in [6.45, 7) is 2.98. The molecule has 1 aromatic heterocycles. The van der Waals surface area contributed by atoms with Gasteiger partial charge in [-0.25, -0.2) is 4.98 Å². The Morgan fingerprint density at radius 1 is 1.33 bits per heavy atom. The zero-order valence-electron chi connectivity index (χ0n) is 10.1. The lowest BCUT2D eigenvalue weighted by Crippen LogP contribution is -2.21. The van der Waals surface area contributed by atoms with Gasteiger partial charge in [-0.05, 0) is 24.6 Å². The smallest absolute Gasteiger partial charge is 0.0921 e. The Morgan fingerprint density at radius 3 is 2.83 bits per heavy atom. The molecule has 3 nitrogen and oxygen atoms in total. The molecule has 96 valence electrons. The SMILES string of the molecule is CC(NCCc1cnc[nH]1)c1ccc(Cl)c(Cl)c1. The van der Waals surface area contributed by atoms with Crippen LogP contribution < -0.4 is 5.32 Å². The first kappa shape index (κ1) is 13.4. The van der Waals surface area contributed by atoms with Crippen LogP contribution in [0.3, 0.4) is 0 Å². The van der Waals surface area contributed by atoms with Crippen molar-refractivity contribution >= 4 is 23.2 Å². The fraction of sp³-hybridized carbons (Fsp3) is 0.308. The highest BCUT2D eigenvalue weighted by atomic mass is 35.5. The highest BCUT2D eigenvalue weighted by molar-refractivity contribution is 6.42. The molecule has 2 rings (SSSR count). The van der Waals surface area contributed by atoms with E-state index in [1.165, 1.54) is 0 Å². The minimum Gasteiger partial charge on any atom is -0.348 e. The monoisotopic (exact) mass is 283 g/mol. The zero-order chi connectivity index (χ0) is 13.0. The third-order valence-electron chi connectivity index (χ3n) is 2.84. The average molecular weight is 284 g/mol. The van der Waals surface area contributed by atoms with Crippen molar-refractivity contribution < 1.29 is 0 Å². The molecule has 2 N–H and O–H groups in total. The lowest BCUT2D eigenvalue weighted by atomic mass is 10.1. The van der Waals surface area contributed by atoms with Crippen LogP contribution in [0, 0.1) is 0 Å². The molecule has 1 heterocycles. The Kier molecular flexibility index (Phi) is 4.64. The number of imidazole rings is 1. The second-order valence-electron chi connectivity index (χ2n) is 4.18. The van der Waals surface area contributed by atoms with E-state index in [-0.39, 0.29) is 6.04 Å². The number of rotatable bonds is 5. The van der Waals surface area contributed by atoms with Gasteiger partial charge in [-0.1, -0.05) is 29.3 Å². The maximum absolute atomic E-state index is 6.00. The molecule has 0 radical (unpaired) electrons. The summed E-state index contributed by atoms with van der Waals surface area (Å²) in [6.07, 6.45) is 4.45. The molecule has 0 bridgehead atoms. The summed E-state index contributed by atoms with van der Waals surface area (Å²) >= 11 is 11.9. The number of hydrogen-bond donors (Lipinski definition) is 2. The second kappa shape index (κ2) is 6.23. The standard InChI is InChI=1S/C13H15Cl2N3/c1-9(10-2-3-12(14)13(15)6-10)17-5-4-11-7-16-8-18-11/h2-3,6-9,17H,4-5H2,1H3,(H,16,18). The highest BCUT2D eigenvalue weighted by Crippen LogP contribution is 2.25. The molecule has 1 unspecified atom stereocenters. The topological polar surface area (TPSA) is 40.7 Å². The molecule has 0 aliphatic rings. The number of benzene rings is 1. The first-order valence-corrected chi connectivity index (χ1v) is 6.58. The van der Waals surface area contributed by atoms with E-state index < -0.39 is 0 Å². The molecular weight excluding hydrogens is 269 g/mol. The summed E-state index contributed by atoms with van der Waals surface area (Å²) in [7, 11) is 0. The van der Waals surface area contributed by atoms with Gasteiger partial charge in [0.15, 0.2) is 0 Å².